The normalized spacial score (nSPS) is 15.7. The van der Waals surface area contributed by atoms with Gasteiger partial charge in [-0.15, -0.1) is 5.53 Å². The van der Waals surface area contributed by atoms with E-state index in [9.17, 15) is 9.59 Å². The van der Waals surface area contributed by atoms with Gasteiger partial charge in [-0.3, -0.25) is 15.2 Å². The van der Waals surface area contributed by atoms with Crippen LogP contribution in [0.4, 0.5) is 4.79 Å². The zero-order valence-electron chi connectivity index (χ0n) is 18.7. The van der Waals surface area contributed by atoms with E-state index in [-0.39, 0.29) is 5.91 Å². The molecule has 0 fully saturated rings. The van der Waals surface area contributed by atoms with Crippen LogP contribution in [0.15, 0.2) is 41.6 Å². The van der Waals surface area contributed by atoms with Crippen LogP contribution in [0.3, 0.4) is 0 Å². The maximum absolute atomic E-state index is 12.8. The Hall–Kier alpha value is -2.39. The summed E-state index contributed by atoms with van der Waals surface area (Å²) >= 11 is 0. The van der Waals surface area contributed by atoms with Gasteiger partial charge in [-0.2, -0.15) is 0 Å². The summed E-state index contributed by atoms with van der Waals surface area (Å²) < 4.78 is 5.33. The first-order valence-corrected chi connectivity index (χ1v) is 12.8. The van der Waals surface area contributed by atoms with Crippen molar-refractivity contribution in [2.75, 3.05) is 25.3 Å². The summed E-state index contributed by atoms with van der Waals surface area (Å²) in [5, 5.41) is 8.63. The van der Waals surface area contributed by atoms with E-state index in [0.29, 0.717) is 19.5 Å². The number of amides is 2. The lowest BCUT2D eigenvalue weighted by atomic mass is 10.1. The van der Waals surface area contributed by atoms with E-state index in [4.69, 9.17) is 4.74 Å². The molecule has 1 aromatic rings. The third-order valence-electron chi connectivity index (χ3n) is 4.23. The largest absolute Gasteiger partial charge is 0.444 e. The van der Waals surface area contributed by atoms with Crippen LogP contribution < -0.4 is 21.6 Å². The highest BCUT2D eigenvalue weighted by atomic mass is 32.3. The predicted molar refractivity (Wildman–Crippen MR) is 122 cm³/mol. The van der Waals surface area contributed by atoms with E-state index in [2.05, 4.69) is 40.4 Å². The van der Waals surface area contributed by atoms with Crippen LogP contribution in [-0.4, -0.2) is 54.0 Å². The molecule has 0 unspecified atom stereocenters. The Kier molecular flexibility index (Phi) is 8.03. The molecule has 1 aromatic carbocycles. The SMILES string of the molecule is CC(C)(C)OC(=O)N[C@H](CCN1C=C(S(C)(C)C)NN1)C(=O)NCc1ccccc1. The van der Waals surface area contributed by atoms with Gasteiger partial charge in [0.1, 0.15) is 11.6 Å². The number of benzene rings is 1. The molecular weight excluding hydrogens is 402 g/mol. The van der Waals surface area contributed by atoms with Gasteiger partial charge in [0.25, 0.3) is 0 Å². The highest BCUT2D eigenvalue weighted by Gasteiger charge is 2.26. The van der Waals surface area contributed by atoms with Crippen LogP contribution in [0.25, 0.3) is 0 Å². The summed E-state index contributed by atoms with van der Waals surface area (Å²) in [5.74, 6) is -0.248. The van der Waals surface area contributed by atoms with Crippen molar-refractivity contribution in [1.29, 1.82) is 0 Å². The predicted octanol–water partition coefficient (Wildman–Crippen LogP) is 2.40. The number of hydrazine groups is 2. The second kappa shape index (κ2) is 10.1. The number of carbonyl (C=O) groups is 2. The van der Waals surface area contributed by atoms with Crippen molar-refractivity contribution in [2.45, 2.75) is 45.4 Å². The first kappa shape index (κ1) is 23.9. The Bertz CT molecular complexity index is 756. The molecular formula is C21H35N5O3S. The molecule has 4 N–H and O–H groups in total. The molecule has 1 atom stereocenters. The van der Waals surface area contributed by atoms with E-state index < -0.39 is 27.8 Å². The lowest BCUT2D eigenvalue weighted by Crippen LogP contribution is -2.50. The number of alkyl carbamates (subject to hydrolysis) is 1. The van der Waals surface area contributed by atoms with E-state index in [1.165, 1.54) is 0 Å². The smallest absolute Gasteiger partial charge is 0.408 e. The fraction of sp³-hybridized carbons (Fsp3) is 0.524. The minimum Gasteiger partial charge on any atom is -0.444 e. The molecule has 0 bridgehead atoms. The van der Waals surface area contributed by atoms with Crippen molar-refractivity contribution in [3.63, 3.8) is 0 Å². The number of hydrogen-bond acceptors (Lipinski definition) is 6. The minimum atomic E-state index is -0.892. The lowest BCUT2D eigenvalue weighted by Gasteiger charge is -2.25. The first-order valence-electron chi connectivity index (χ1n) is 9.94. The molecule has 8 nitrogen and oxygen atoms in total. The Morgan fingerprint density at radius 3 is 2.40 bits per heavy atom. The number of hydrogen-bond donors (Lipinski definition) is 4. The second-order valence-electron chi connectivity index (χ2n) is 8.95. The van der Waals surface area contributed by atoms with Crippen LogP contribution in [0, 0.1) is 0 Å². The van der Waals surface area contributed by atoms with E-state index in [1.807, 2.05) is 41.5 Å². The highest BCUT2D eigenvalue weighted by molar-refractivity contribution is 8.35. The molecule has 2 amide bonds. The third kappa shape index (κ3) is 8.16. The van der Waals surface area contributed by atoms with E-state index in [1.54, 1.807) is 20.8 Å². The number of rotatable bonds is 8. The topological polar surface area (TPSA) is 94.7 Å². The molecule has 1 aliphatic rings. The van der Waals surface area contributed by atoms with Crippen molar-refractivity contribution in [2.24, 2.45) is 0 Å². The minimum absolute atomic E-state index is 0.248. The molecule has 0 radical (unpaired) electrons. The zero-order valence-corrected chi connectivity index (χ0v) is 19.6. The maximum atomic E-state index is 12.8. The highest BCUT2D eigenvalue weighted by Crippen LogP contribution is 2.43. The van der Waals surface area contributed by atoms with Gasteiger partial charge in [-0.05, 0) is 51.5 Å². The summed E-state index contributed by atoms with van der Waals surface area (Å²) in [6, 6.07) is 8.94. The van der Waals surface area contributed by atoms with Gasteiger partial charge in [0.15, 0.2) is 0 Å². The van der Waals surface area contributed by atoms with Gasteiger partial charge in [0.05, 0.1) is 5.03 Å². The average molecular weight is 438 g/mol. The summed E-state index contributed by atoms with van der Waals surface area (Å²) in [6.07, 6.45) is 8.41. The molecule has 0 aliphatic carbocycles. The van der Waals surface area contributed by atoms with E-state index >= 15 is 0 Å². The summed E-state index contributed by atoms with van der Waals surface area (Å²) in [6.45, 7) is 6.30. The molecule has 9 heteroatoms. The van der Waals surface area contributed by atoms with Crippen LogP contribution in [-0.2, 0) is 16.1 Å². The van der Waals surface area contributed by atoms with Crippen molar-refractivity contribution < 1.29 is 14.3 Å². The first-order chi connectivity index (χ1) is 13.9. The van der Waals surface area contributed by atoms with Gasteiger partial charge < -0.3 is 15.4 Å². The maximum Gasteiger partial charge on any atom is 0.408 e. The van der Waals surface area contributed by atoms with Crippen LogP contribution in [0.2, 0.25) is 0 Å². The number of carbonyl (C=O) groups excluding carboxylic acids is 2. The summed E-state index contributed by atoms with van der Waals surface area (Å²) in [7, 11) is -0.892. The molecule has 0 saturated carbocycles. The molecule has 0 spiro atoms. The van der Waals surface area contributed by atoms with Crippen molar-refractivity contribution in [3.05, 3.63) is 47.1 Å². The van der Waals surface area contributed by atoms with Crippen molar-refractivity contribution in [1.82, 2.24) is 26.6 Å². The fourth-order valence-corrected chi connectivity index (χ4v) is 3.45. The van der Waals surface area contributed by atoms with Gasteiger partial charge in [0, 0.05) is 19.3 Å². The molecule has 2 rings (SSSR count). The second-order valence-corrected chi connectivity index (χ2v) is 13.1. The Morgan fingerprint density at radius 1 is 1.17 bits per heavy atom. The Morgan fingerprint density at radius 2 is 1.83 bits per heavy atom. The number of nitrogens with one attached hydrogen (secondary N) is 4. The van der Waals surface area contributed by atoms with Crippen LogP contribution in [0.5, 0.6) is 0 Å². The third-order valence-corrected chi connectivity index (χ3v) is 5.76. The number of nitrogens with zero attached hydrogens (tertiary/aromatic N) is 1. The van der Waals surface area contributed by atoms with Crippen molar-refractivity contribution in [3.8, 4) is 0 Å². The summed E-state index contributed by atoms with van der Waals surface area (Å²) in [4.78, 5) is 25.1. The summed E-state index contributed by atoms with van der Waals surface area (Å²) in [5.41, 5.74) is 6.63. The van der Waals surface area contributed by atoms with Gasteiger partial charge in [0.2, 0.25) is 5.91 Å². The van der Waals surface area contributed by atoms with E-state index in [0.717, 1.165) is 10.6 Å². The Labute approximate surface area is 181 Å². The molecule has 30 heavy (non-hydrogen) atoms. The van der Waals surface area contributed by atoms with Gasteiger partial charge in [-0.1, -0.05) is 30.3 Å². The van der Waals surface area contributed by atoms with Gasteiger partial charge in [-0.25, -0.2) is 14.8 Å². The van der Waals surface area contributed by atoms with Gasteiger partial charge >= 0.3 is 6.09 Å². The Balaban J connectivity index is 1.98. The molecule has 1 heterocycles. The van der Waals surface area contributed by atoms with Crippen molar-refractivity contribution >= 4 is 22.0 Å². The van der Waals surface area contributed by atoms with Crippen LogP contribution in [0.1, 0.15) is 32.8 Å². The average Bonchev–Trinajstić information content (AvgIpc) is 3.12. The molecule has 168 valence electrons. The fourth-order valence-electron chi connectivity index (χ4n) is 2.66. The standard InChI is InChI=1S/C21H35N5O3S/c1-21(2,3)29-20(28)23-17(19(27)22-14-16-10-8-7-9-11-16)12-13-26-15-18(24-25-26)30(4,5)6/h7-11,15,17,24-25H,12-14H2,1-6H3,(H,22,27)(H,23,28)/t17-/m1/s1. The monoisotopic (exact) mass is 437 g/mol. The quantitative estimate of drug-likeness (QED) is 0.499. The number of ether oxygens (including phenoxy) is 1. The zero-order chi connectivity index (χ0) is 22.4. The molecule has 1 aliphatic heterocycles. The van der Waals surface area contributed by atoms with Crippen LogP contribution >= 0.6 is 10.0 Å². The lowest BCUT2D eigenvalue weighted by molar-refractivity contribution is -0.123. The molecule has 0 saturated heterocycles. The molecule has 0 aromatic heterocycles.